The van der Waals surface area contributed by atoms with Gasteiger partial charge < -0.3 is 10.5 Å². The molecule has 4 rings (SSSR count). The fraction of sp³-hybridized carbons (Fsp3) is 0.250. The van der Waals surface area contributed by atoms with Gasteiger partial charge >= 0.3 is 5.97 Å². The Hall–Kier alpha value is -3.50. The topological polar surface area (TPSA) is 170 Å². The van der Waals surface area contributed by atoms with E-state index in [1.807, 2.05) is 0 Å². The number of benzene rings is 2. The molecule has 0 saturated carbocycles. The Morgan fingerprint density at radius 2 is 1.10 bits per heavy atom. The van der Waals surface area contributed by atoms with Crippen molar-refractivity contribution in [3.63, 3.8) is 0 Å². The summed E-state index contributed by atoms with van der Waals surface area (Å²) >= 11 is 23.8. The van der Waals surface area contributed by atoms with Gasteiger partial charge in [0.05, 0.1) is 86.7 Å². The molecule has 0 bridgehead atoms. The largest absolute Gasteiger partial charge is 0.465 e. The molecule has 268 valence electrons. The predicted molar refractivity (Wildman–Crippen MR) is 197 cm³/mol. The van der Waals surface area contributed by atoms with Crippen LogP contribution in [0.15, 0.2) is 73.1 Å². The number of Topliss-reactive ketones (excluding diaryl/α,β-unsaturated/α-hetero) is 1. The second-order valence-electron chi connectivity index (χ2n) is 10.2. The lowest BCUT2D eigenvalue weighted by Crippen LogP contribution is -2.32. The number of carbonyl (C=O) groups excluding carboxylic acids is 2. The van der Waals surface area contributed by atoms with Crippen molar-refractivity contribution in [3.8, 4) is 0 Å². The molecule has 12 nitrogen and oxygen atoms in total. The Labute approximate surface area is 311 Å². The Morgan fingerprint density at radius 1 is 0.680 bits per heavy atom. The van der Waals surface area contributed by atoms with Crippen LogP contribution in [0.4, 0.5) is 11.4 Å². The third-order valence-electron chi connectivity index (χ3n) is 6.97. The van der Waals surface area contributed by atoms with Crippen molar-refractivity contribution in [2.24, 2.45) is 5.73 Å². The molecule has 0 unspecified atom stereocenters. The van der Waals surface area contributed by atoms with Crippen LogP contribution in [0, 0.1) is 0 Å². The number of aromatic nitrogens is 2. The van der Waals surface area contributed by atoms with Crippen molar-refractivity contribution in [3.05, 3.63) is 116 Å². The summed E-state index contributed by atoms with van der Waals surface area (Å²) < 4.78 is 56.9. The van der Waals surface area contributed by atoms with Gasteiger partial charge in [0.2, 0.25) is 20.0 Å². The normalized spacial score (nSPS) is 11.3. The standard InChI is InChI=1S/C16H17Cl2N3O3S.C16H16Cl2N2O4S/c1-2-25(23,24)21(13-5-6-14(17)15(18)7-13)10-12-4-3-11(9-20-12)16(22)8-19;1-3-25(22,23)20(13-6-7-14(17)15(18)8-13)10-12-5-4-11(9-19-12)16(21)24-2/h3-7,9H,2,8,10,19H2,1H3;4-9H,3,10H2,1-2H3. The highest BCUT2D eigenvalue weighted by Crippen LogP contribution is 2.31. The number of ketones is 1. The SMILES string of the molecule is CCS(=O)(=O)N(Cc1ccc(C(=O)CN)cn1)c1ccc(Cl)c(Cl)c1.CCS(=O)(=O)N(Cc1ccc(C(=O)OC)cn1)c1ccc(Cl)c(Cl)c1. The number of pyridine rings is 2. The molecule has 0 saturated heterocycles. The molecule has 0 aliphatic carbocycles. The van der Waals surface area contributed by atoms with E-state index in [1.54, 1.807) is 44.2 Å². The third kappa shape index (κ3) is 10.8. The zero-order chi connectivity index (χ0) is 37.2. The highest BCUT2D eigenvalue weighted by molar-refractivity contribution is 7.93. The molecule has 2 aromatic carbocycles. The highest BCUT2D eigenvalue weighted by atomic mass is 35.5. The Kier molecular flexibility index (Phi) is 14.8. The van der Waals surface area contributed by atoms with Crippen molar-refractivity contribution in [2.75, 3.05) is 33.8 Å². The molecule has 4 aromatic rings. The maximum Gasteiger partial charge on any atom is 0.339 e. The van der Waals surface area contributed by atoms with Gasteiger partial charge in [0, 0.05) is 18.0 Å². The van der Waals surface area contributed by atoms with Crippen LogP contribution >= 0.6 is 46.4 Å². The van der Waals surface area contributed by atoms with Crippen molar-refractivity contribution < 1.29 is 31.2 Å². The minimum Gasteiger partial charge on any atom is -0.465 e. The molecule has 0 radical (unpaired) electrons. The fourth-order valence-electron chi connectivity index (χ4n) is 4.14. The van der Waals surface area contributed by atoms with Crippen LogP contribution in [0.5, 0.6) is 0 Å². The number of anilines is 2. The van der Waals surface area contributed by atoms with Crippen LogP contribution < -0.4 is 14.3 Å². The molecule has 0 aliphatic heterocycles. The minimum atomic E-state index is -3.57. The monoisotopic (exact) mass is 803 g/mol. The van der Waals surface area contributed by atoms with Crippen LogP contribution in [0.2, 0.25) is 20.1 Å². The number of nitrogens with zero attached hydrogens (tertiary/aromatic N) is 4. The second-order valence-corrected chi connectivity index (χ2v) is 16.2. The quantitative estimate of drug-likeness (QED) is 0.118. The molecule has 0 atom stereocenters. The summed E-state index contributed by atoms with van der Waals surface area (Å²) in [5.41, 5.74) is 7.70. The molecule has 2 aromatic heterocycles. The van der Waals surface area contributed by atoms with E-state index >= 15 is 0 Å². The summed E-state index contributed by atoms with van der Waals surface area (Å²) in [6.07, 6.45) is 2.73. The molecular weight excluding hydrogens is 772 g/mol. The van der Waals surface area contributed by atoms with Crippen LogP contribution in [-0.4, -0.2) is 63.7 Å². The lowest BCUT2D eigenvalue weighted by atomic mass is 10.2. The van der Waals surface area contributed by atoms with Crippen molar-refractivity contribution >= 4 is 89.6 Å². The van der Waals surface area contributed by atoms with Gasteiger partial charge in [-0.15, -0.1) is 0 Å². The van der Waals surface area contributed by atoms with Gasteiger partial charge in [0.1, 0.15) is 0 Å². The zero-order valence-corrected chi connectivity index (χ0v) is 31.7. The first-order valence-electron chi connectivity index (χ1n) is 14.7. The van der Waals surface area contributed by atoms with Crippen LogP contribution in [0.3, 0.4) is 0 Å². The van der Waals surface area contributed by atoms with E-state index in [2.05, 4.69) is 14.7 Å². The molecule has 0 fully saturated rings. The first-order valence-corrected chi connectivity index (χ1v) is 19.4. The van der Waals surface area contributed by atoms with Gasteiger partial charge in [0.15, 0.2) is 5.78 Å². The molecule has 0 spiro atoms. The van der Waals surface area contributed by atoms with Gasteiger partial charge in [0.25, 0.3) is 0 Å². The van der Waals surface area contributed by atoms with E-state index in [-0.39, 0.29) is 52.5 Å². The van der Waals surface area contributed by atoms with E-state index < -0.39 is 26.0 Å². The summed E-state index contributed by atoms with van der Waals surface area (Å²) in [5, 5.41) is 1.18. The molecule has 50 heavy (non-hydrogen) atoms. The van der Waals surface area contributed by atoms with E-state index in [9.17, 15) is 26.4 Å². The van der Waals surface area contributed by atoms with Gasteiger partial charge in [-0.25, -0.2) is 21.6 Å². The first kappa shape index (κ1) is 40.9. The predicted octanol–water partition coefficient (Wildman–Crippen LogP) is 6.42. The minimum absolute atomic E-state index is 0.00438. The second kappa shape index (κ2) is 18.1. The maximum absolute atomic E-state index is 12.5. The number of ether oxygens (including phenoxy) is 1. The smallest absolute Gasteiger partial charge is 0.339 e. The number of nitrogens with two attached hydrogens (primary N) is 1. The Morgan fingerprint density at radius 3 is 1.42 bits per heavy atom. The average molecular weight is 806 g/mol. The van der Waals surface area contributed by atoms with E-state index in [1.165, 1.54) is 58.4 Å². The molecular formula is C32H33Cl4N5O7S2. The highest BCUT2D eigenvalue weighted by Gasteiger charge is 2.24. The van der Waals surface area contributed by atoms with Gasteiger partial charge in [-0.2, -0.15) is 0 Å². The summed E-state index contributed by atoms with van der Waals surface area (Å²) in [5.74, 6) is -0.923. The number of rotatable bonds is 13. The van der Waals surface area contributed by atoms with E-state index in [0.29, 0.717) is 38.4 Å². The maximum atomic E-state index is 12.5. The Bertz CT molecular complexity index is 1890. The number of methoxy groups -OCH3 is 1. The zero-order valence-electron chi connectivity index (χ0n) is 27.0. The molecule has 18 heteroatoms. The number of sulfonamides is 2. The lowest BCUT2D eigenvalue weighted by Gasteiger charge is -2.24. The van der Waals surface area contributed by atoms with Crippen molar-refractivity contribution in [2.45, 2.75) is 26.9 Å². The molecule has 0 aliphatic rings. The summed E-state index contributed by atoms with van der Waals surface area (Å²) in [7, 11) is -5.87. The van der Waals surface area contributed by atoms with Crippen LogP contribution in [-0.2, 0) is 37.9 Å². The molecule has 2 N–H and O–H groups in total. The van der Waals surface area contributed by atoms with Crippen molar-refractivity contribution in [1.29, 1.82) is 0 Å². The van der Waals surface area contributed by atoms with Crippen LogP contribution in [0.25, 0.3) is 0 Å². The third-order valence-corrected chi connectivity index (χ3v) is 11.9. The summed E-state index contributed by atoms with van der Waals surface area (Å²) in [6.45, 7) is 2.99. The van der Waals surface area contributed by atoms with Crippen LogP contribution in [0.1, 0.15) is 46.0 Å². The van der Waals surface area contributed by atoms with Gasteiger partial charge in [-0.3, -0.25) is 23.4 Å². The van der Waals surface area contributed by atoms with Gasteiger partial charge in [-0.05, 0) is 74.5 Å². The number of carbonyl (C=O) groups is 2. The molecule has 2 heterocycles. The summed E-state index contributed by atoms with van der Waals surface area (Å²) in [6, 6.07) is 15.5. The number of halogens is 4. The van der Waals surface area contributed by atoms with E-state index in [0.717, 1.165) is 0 Å². The number of esters is 1. The summed E-state index contributed by atoms with van der Waals surface area (Å²) in [4.78, 5) is 31.3. The van der Waals surface area contributed by atoms with E-state index in [4.69, 9.17) is 52.1 Å². The molecule has 0 amide bonds. The Balaban J connectivity index is 0.000000270. The average Bonchev–Trinajstić information content (AvgIpc) is 3.12. The van der Waals surface area contributed by atoms with Crippen molar-refractivity contribution in [1.82, 2.24) is 9.97 Å². The lowest BCUT2D eigenvalue weighted by molar-refractivity contribution is 0.0600. The first-order chi connectivity index (χ1) is 23.6. The van der Waals surface area contributed by atoms with Gasteiger partial charge in [-0.1, -0.05) is 46.4 Å². The number of hydrogen-bond donors (Lipinski definition) is 1. The number of hydrogen-bond acceptors (Lipinski definition) is 10. The fourth-order valence-corrected chi connectivity index (χ4v) is 6.88.